The molecule has 7 heteroatoms. The number of aryl methyl sites for hydroxylation is 2. The molecular formula is C16H24N4O2S. The highest BCUT2D eigenvalue weighted by molar-refractivity contribution is 7.12. The lowest BCUT2D eigenvalue weighted by Gasteiger charge is -2.34. The maximum Gasteiger partial charge on any atom is 0.233 e. The van der Waals surface area contributed by atoms with E-state index < -0.39 is 0 Å². The molecule has 0 aliphatic carbocycles. The molecule has 23 heavy (non-hydrogen) atoms. The quantitative estimate of drug-likeness (QED) is 0.874. The van der Waals surface area contributed by atoms with Gasteiger partial charge in [0.25, 0.3) is 0 Å². The van der Waals surface area contributed by atoms with E-state index in [1.807, 2.05) is 18.3 Å². The molecule has 0 amide bonds. The van der Waals surface area contributed by atoms with Crippen molar-refractivity contribution in [1.29, 1.82) is 0 Å². The fourth-order valence-electron chi connectivity index (χ4n) is 2.79. The minimum Gasteiger partial charge on any atom is -0.424 e. The lowest BCUT2D eigenvalue weighted by Crippen LogP contribution is -2.43. The SMILES string of the molecule is Cc1nnc([C@@H](C)NC[C@H](c2ccc(C)s2)N2CCOCC2)o1. The molecule has 2 aromatic rings. The highest BCUT2D eigenvalue weighted by atomic mass is 32.1. The molecule has 1 saturated heterocycles. The van der Waals surface area contributed by atoms with Crippen LogP contribution in [0, 0.1) is 13.8 Å². The Morgan fingerprint density at radius 3 is 2.65 bits per heavy atom. The summed E-state index contributed by atoms with van der Waals surface area (Å²) in [5.41, 5.74) is 0. The van der Waals surface area contributed by atoms with Crippen molar-refractivity contribution in [3.63, 3.8) is 0 Å². The van der Waals surface area contributed by atoms with E-state index in [4.69, 9.17) is 9.15 Å². The molecule has 2 aromatic heterocycles. The summed E-state index contributed by atoms with van der Waals surface area (Å²) >= 11 is 1.87. The maximum atomic E-state index is 5.52. The van der Waals surface area contributed by atoms with Crippen LogP contribution in [0.15, 0.2) is 16.5 Å². The number of hydrogen-bond acceptors (Lipinski definition) is 7. The van der Waals surface area contributed by atoms with Crippen LogP contribution < -0.4 is 5.32 Å². The second-order valence-corrected chi connectivity index (χ2v) is 7.22. The number of hydrogen-bond donors (Lipinski definition) is 1. The number of rotatable bonds is 6. The van der Waals surface area contributed by atoms with Gasteiger partial charge in [-0.15, -0.1) is 21.5 Å². The van der Waals surface area contributed by atoms with Gasteiger partial charge in [-0.1, -0.05) is 0 Å². The molecular weight excluding hydrogens is 312 g/mol. The predicted molar refractivity (Wildman–Crippen MR) is 89.6 cm³/mol. The fourth-order valence-corrected chi connectivity index (χ4v) is 3.81. The summed E-state index contributed by atoms with van der Waals surface area (Å²) in [6, 6.07) is 4.83. The molecule has 3 heterocycles. The van der Waals surface area contributed by atoms with Crippen molar-refractivity contribution in [1.82, 2.24) is 20.4 Å². The first-order valence-electron chi connectivity index (χ1n) is 8.05. The molecule has 1 aliphatic heterocycles. The smallest absolute Gasteiger partial charge is 0.233 e. The second-order valence-electron chi connectivity index (χ2n) is 5.90. The molecule has 1 aliphatic rings. The van der Waals surface area contributed by atoms with Crippen LogP contribution in [0.1, 0.15) is 40.5 Å². The minimum absolute atomic E-state index is 0.0424. The van der Waals surface area contributed by atoms with E-state index in [2.05, 4.69) is 46.4 Å². The van der Waals surface area contributed by atoms with Crippen LogP contribution in [0.4, 0.5) is 0 Å². The average molecular weight is 336 g/mol. The Morgan fingerprint density at radius 1 is 1.26 bits per heavy atom. The summed E-state index contributed by atoms with van der Waals surface area (Å²) < 4.78 is 11.0. The van der Waals surface area contributed by atoms with Gasteiger partial charge in [0.1, 0.15) is 0 Å². The number of morpholine rings is 1. The van der Waals surface area contributed by atoms with E-state index in [9.17, 15) is 0 Å². The highest BCUT2D eigenvalue weighted by Crippen LogP contribution is 2.28. The molecule has 0 spiro atoms. The third-order valence-electron chi connectivity index (χ3n) is 4.11. The van der Waals surface area contributed by atoms with Crippen LogP contribution in [0.25, 0.3) is 0 Å². The van der Waals surface area contributed by atoms with E-state index >= 15 is 0 Å². The number of aromatic nitrogens is 2. The molecule has 0 radical (unpaired) electrons. The van der Waals surface area contributed by atoms with Crippen molar-refractivity contribution < 1.29 is 9.15 Å². The zero-order valence-electron chi connectivity index (χ0n) is 13.9. The Morgan fingerprint density at radius 2 is 2.04 bits per heavy atom. The maximum absolute atomic E-state index is 5.52. The van der Waals surface area contributed by atoms with Crippen LogP contribution in [-0.2, 0) is 4.74 Å². The summed E-state index contributed by atoms with van der Waals surface area (Å²) in [4.78, 5) is 5.23. The second kappa shape index (κ2) is 7.53. The largest absolute Gasteiger partial charge is 0.424 e. The third kappa shape index (κ3) is 4.17. The summed E-state index contributed by atoms with van der Waals surface area (Å²) in [6.07, 6.45) is 0. The van der Waals surface area contributed by atoms with E-state index in [1.54, 1.807) is 0 Å². The van der Waals surface area contributed by atoms with E-state index in [0.29, 0.717) is 17.8 Å². The highest BCUT2D eigenvalue weighted by Gasteiger charge is 2.25. The van der Waals surface area contributed by atoms with Crippen LogP contribution in [-0.4, -0.2) is 47.9 Å². The van der Waals surface area contributed by atoms with Crippen molar-refractivity contribution in [2.45, 2.75) is 32.9 Å². The molecule has 126 valence electrons. The van der Waals surface area contributed by atoms with Crippen LogP contribution in [0.2, 0.25) is 0 Å². The normalized spacial score (nSPS) is 18.9. The zero-order valence-corrected chi connectivity index (χ0v) is 14.7. The van der Waals surface area contributed by atoms with Gasteiger partial charge in [-0.3, -0.25) is 4.90 Å². The van der Waals surface area contributed by atoms with Gasteiger partial charge >= 0.3 is 0 Å². The van der Waals surface area contributed by atoms with Crippen molar-refractivity contribution in [2.24, 2.45) is 0 Å². The van der Waals surface area contributed by atoms with E-state index in [1.165, 1.54) is 9.75 Å². The molecule has 0 aromatic carbocycles. The Labute approximate surface area is 140 Å². The number of thiophene rings is 1. The van der Waals surface area contributed by atoms with Crippen molar-refractivity contribution in [2.75, 3.05) is 32.8 Å². The molecule has 6 nitrogen and oxygen atoms in total. The standard InChI is InChI=1S/C16H24N4O2S/c1-11-4-5-15(23-11)14(20-6-8-21-9-7-20)10-17-12(2)16-19-18-13(3)22-16/h4-5,12,14,17H,6-10H2,1-3H3/t12-,14-/m1/s1. The van der Waals surface area contributed by atoms with Gasteiger partial charge in [-0.2, -0.15) is 0 Å². The van der Waals surface area contributed by atoms with Gasteiger partial charge in [0.05, 0.1) is 25.3 Å². The van der Waals surface area contributed by atoms with Crippen LogP contribution in [0.3, 0.4) is 0 Å². The number of nitrogens with one attached hydrogen (secondary N) is 1. The summed E-state index contributed by atoms with van der Waals surface area (Å²) in [5.74, 6) is 1.25. The van der Waals surface area contributed by atoms with E-state index in [-0.39, 0.29) is 6.04 Å². The van der Waals surface area contributed by atoms with Crippen molar-refractivity contribution >= 4 is 11.3 Å². The predicted octanol–water partition coefficient (Wildman–Crippen LogP) is 2.47. The molecule has 0 bridgehead atoms. The Kier molecular flexibility index (Phi) is 5.42. The first kappa shape index (κ1) is 16.6. The first-order valence-corrected chi connectivity index (χ1v) is 8.86. The minimum atomic E-state index is 0.0424. The monoisotopic (exact) mass is 336 g/mol. The van der Waals surface area contributed by atoms with Crippen molar-refractivity contribution in [3.05, 3.63) is 33.7 Å². The van der Waals surface area contributed by atoms with Gasteiger partial charge in [0.2, 0.25) is 11.8 Å². The van der Waals surface area contributed by atoms with Crippen LogP contribution in [0.5, 0.6) is 0 Å². The van der Waals surface area contributed by atoms with Gasteiger partial charge in [0.15, 0.2) is 0 Å². The summed E-state index contributed by atoms with van der Waals surface area (Å²) in [7, 11) is 0. The van der Waals surface area contributed by atoms with Gasteiger partial charge < -0.3 is 14.5 Å². The van der Waals surface area contributed by atoms with E-state index in [0.717, 1.165) is 32.8 Å². The lowest BCUT2D eigenvalue weighted by molar-refractivity contribution is 0.0163. The summed E-state index contributed by atoms with van der Waals surface area (Å²) in [5, 5.41) is 11.6. The molecule has 0 saturated carbocycles. The summed E-state index contributed by atoms with van der Waals surface area (Å²) in [6.45, 7) is 10.4. The molecule has 1 N–H and O–H groups in total. The topological polar surface area (TPSA) is 63.4 Å². The Hall–Kier alpha value is -1.28. The molecule has 3 rings (SSSR count). The zero-order chi connectivity index (χ0) is 16.2. The van der Waals surface area contributed by atoms with Crippen LogP contribution >= 0.6 is 11.3 Å². The van der Waals surface area contributed by atoms with Crippen molar-refractivity contribution in [3.8, 4) is 0 Å². The fraction of sp³-hybridized carbons (Fsp3) is 0.625. The number of nitrogens with zero attached hydrogens (tertiary/aromatic N) is 3. The Balaban J connectivity index is 1.68. The van der Waals surface area contributed by atoms with Gasteiger partial charge in [0, 0.05) is 36.3 Å². The third-order valence-corrected chi connectivity index (χ3v) is 5.21. The first-order chi connectivity index (χ1) is 11.1. The molecule has 2 atom stereocenters. The Bertz CT molecular complexity index is 621. The van der Waals surface area contributed by atoms with Gasteiger partial charge in [-0.05, 0) is 26.0 Å². The lowest BCUT2D eigenvalue weighted by atomic mass is 10.1. The van der Waals surface area contributed by atoms with Gasteiger partial charge in [-0.25, -0.2) is 0 Å². The number of ether oxygens (including phenoxy) is 1. The average Bonchev–Trinajstić information content (AvgIpc) is 3.17. The molecule has 1 fully saturated rings. The molecule has 0 unspecified atom stereocenters.